The predicted molar refractivity (Wildman–Crippen MR) is 99.6 cm³/mol. The molecule has 0 fully saturated rings. The Bertz CT molecular complexity index is 747. The van der Waals surface area contributed by atoms with Gasteiger partial charge in [-0.3, -0.25) is 5.43 Å². The van der Waals surface area contributed by atoms with Crippen molar-refractivity contribution >= 4 is 52.4 Å². The molecule has 3 rings (SSSR count). The van der Waals surface area contributed by atoms with Crippen molar-refractivity contribution in [2.24, 2.45) is 5.73 Å². The second-order valence-corrected chi connectivity index (χ2v) is 7.62. The van der Waals surface area contributed by atoms with Crippen LogP contribution >= 0.6 is 46.7 Å². The van der Waals surface area contributed by atoms with Gasteiger partial charge in [0.2, 0.25) is 5.16 Å². The molecule has 0 radical (unpaired) electrons. The van der Waals surface area contributed by atoms with E-state index in [0.29, 0.717) is 10.0 Å². The predicted octanol–water partition coefficient (Wildman–Crippen LogP) is 3.99. The molecule has 122 valence electrons. The first-order chi connectivity index (χ1) is 11.1. The third kappa shape index (κ3) is 3.64. The van der Waals surface area contributed by atoms with E-state index in [1.807, 2.05) is 22.2 Å². The second-order valence-electron chi connectivity index (χ2n) is 4.95. The van der Waals surface area contributed by atoms with Crippen LogP contribution in [0.15, 0.2) is 28.8 Å². The number of aromatic nitrogens is 3. The summed E-state index contributed by atoms with van der Waals surface area (Å²) in [5, 5.41) is 12.3. The van der Waals surface area contributed by atoms with Gasteiger partial charge in [0.1, 0.15) is 0 Å². The molecule has 1 aliphatic heterocycles. The van der Waals surface area contributed by atoms with Crippen molar-refractivity contribution in [1.29, 1.82) is 0 Å². The molecule has 0 saturated carbocycles. The highest BCUT2D eigenvalue weighted by atomic mass is 35.5. The zero-order valence-electron chi connectivity index (χ0n) is 12.3. The van der Waals surface area contributed by atoms with Crippen LogP contribution in [0, 0.1) is 0 Å². The topological polar surface area (TPSA) is 68.8 Å². The molecule has 9 heteroatoms. The Kier molecular flexibility index (Phi) is 5.43. The summed E-state index contributed by atoms with van der Waals surface area (Å²) < 4.78 is 1.83. The van der Waals surface area contributed by atoms with E-state index in [1.54, 1.807) is 17.8 Å². The molecule has 1 aliphatic rings. The minimum Gasteiger partial charge on any atom is -0.321 e. The Morgan fingerprint density at radius 2 is 2.22 bits per heavy atom. The Hall–Kier alpha value is -0.860. The van der Waals surface area contributed by atoms with Gasteiger partial charge in [-0.2, -0.15) is 11.8 Å². The Morgan fingerprint density at radius 3 is 2.96 bits per heavy atom. The number of thioether (sulfide) groups is 2. The van der Waals surface area contributed by atoms with Gasteiger partial charge in [0.25, 0.3) is 0 Å². The van der Waals surface area contributed by atoms with Crippen LogP contribution in [0.5, 0.6) is 0 Å². The monoisotopic (exact) mass is 387 g/mol. The first-order valence-electron chi connectivity index (χ1n) is 6.89. The normalized spacial score (nSPS) is 14.9. The fourth-order valence-electron chi connectivity index (χ4n) is 2.17. The van der Waals surface area contributed by atoms with E-state index in [0.717, 1.165) is 34.4 Å². The van der Waals surface area contributed by atoms with E-state index in [9.17, 15) is 0 Å². The van der Waals surface area contributed by atoms with E-state index in [-0.39, 0.29) is 6.04 Å². The van der Waals surface area contributed by atoms with Crippen molar-refractivity contribution in [2.45, 2.75) is 17.6 Å². The maximum Gasteiger partial charge on any atom is 0.214 e. The Morgan fingerprint density at radius 1 is 1.39 bits per heavy atom. The summed E-state index contributed by atoms with van der Waals surface area (Å²) in [6.07, 6.45) is 2.90. The molecule has 23 heavy (non-hydrogen) atoms. The minimum absolute atomic E-state index is 0.170. The van der Waals surface area contributed by atoms with Crippen molar-refractivity contribution in [2.75, 3.05) is 17.4 Å². The summed E-state index contributed by atoms with van der Waals surface area (Å²) in [4.78, 5) is 0. The Balaban J connectivity index is 1.86. The van der Waals surface area contributed by atoms with Crippen LogP contribution < -0.4 is 11.2 Å². The average molecular weight is 388 g/mol. The largest absolute Gasteiger partial charge is 0.321 e. The minimum atomic E-state index is -0.170. The molecule has 0 spiro atoms. The van der Waals surface area contributed by atoms with Crippen LogP contribution in [0.25, 0.3) is 5.70 Å². The number of halogens is 2. The number of nitrogens with two attached hydrogens (primary N) is 1. The maximum absolute atomic E-state index is 6.29. The first-order valence-corrected chi connectivity index (χ1v) is 9.92. The van der Waals surface area contributed by atoms with Crippen LogP contribution in [0.4, 0.5) is 0 Å². The standard InChI is InChI=1S/C14H15Cl2N5S2/c1-22-5-4-11(17)13-18-19-14-21(13)20-12(7-23-14)9-3-2-8(15)6-10(9)16/h2-3,6-7,11,20H,4-5,17H2,1H3/t11-/m0/s1. The smallest absolute Gasteiger partial charge is 0.214 e. The summed E-state index contributed by atoms with van der Waals surface area (Å²) in [6, 6.07) is 5.24. The van der Waals surface area contributed by atoms with Gasteiger partial charge in [-0.1, -0.05) is 35.0 Å². The van der Waals surface area contributed by atoms with Gasteiger partial charge in [0.05, 0.1) is 16.8 Å². The molecule has 0 unspecified atom stereocenters. The third-order valence-corrected chi connectivity index (χ3v) is 5.38. The molecule has 0 saturated heterocycles. The number of nitrogens with one attached hydrogen (secondary N) is 1. The molecule has 1 aromatic carbocycles. The summed E-state index contributed by atoms with van der Waals surface area (Å²) in [6.45, 7) is 0. The van der Waals surface area contributed by atoms with Crippen LogP contribution in [0.1, 0.15) is 23.9 Å². The number of hydrogen-bond donors (Lipinski definition) is 2. The summed E-state index contributed by atoms with van der Waals surface area (Å²) in [5.74, 6) is 1.69. The molecule has 1 atom stereocenters. The molecule has 1 aromatic heterocycles. The number of rotatable bonds is 5. The third-order valence-electron chi connectivity index (χ3n) is 3.36. The van der Waals surface area contributed by atoms with E-state index in [1.165, 1.54) is 11.8 Å². The van der Waals surface area contributed by atoms with Crippen molar-refractivity contribution < 1.29 is 0 Å². The molecular weight excluding hydrogens is 373 g/mol. The van der Waals surface area contributed by atoms with Crippen molar-refractivity contribution in [3.05, 3.63) is 45.0 Å². The zero-order chi connectivity index (χ0) is 16.4. The lowest BCUT2D eigenvalue weighted by molar-refractivity contribution is 0.617. The molecule has 0 amide bonds. The van der Waals surface area contributed by atoms with Gasteiger partial charge in [-0.25, -0.2) is 4.68 Å². The molecule has 5 nitrogen and oxygen atoms in total. The molecule has 3 N–H and O–H groups in total. The summed E-state index contributed by atoms with van der Waals surface area (Å²) in [5.41, 5.74) is 11.3. The van der Waals surface area contributed by atoms with Crippen LogP contribution in [-0.2, 0) is 0 Å². The first kappa shape index (κ1) is 17.0. The Labute approximate surface area is 153 Å². The highest BCUT2D eigenvalue weighted by Crippen LogP contribution is 2.33. The number of fused-ring (bicyclic) bond motifs is 1. The number of benzene rings is 1. The van der Waals surface area contributed by atoms with E-state index in [4.69, 9.17) is 28.9 Å². The second kappa shape index (κ2) is 7.36. The van der Waals surface area contributed by atoms with E-state index in [2.05, 4.69) is 21.9 Å². The number of hydrogen-bond acceptors (Lipinski definition) is 6. The van der Waals surface area contributed by atoms with E-state index < -0.39 is 0 Å². The summed E-state index contributed by atoms with van der Waals surface area (Å²) in [7, 11) is 0. The molecule has 2 heterocycles. The number of nitrogens with zero attached hydrogens (tertiary/aromatic N) is 3. The fourth-order valence-corrected chi connectivity index (χ4v) is 3.90. The lowest BCUT2D eigenvalue weighted by atomic mass is 10.2. The molecule has 0 bridgehead atoms. The van der Waals surface area contributed by atoms with Crippen LogP contribution in [-0.4, -0.2) is 26.9 Å². The molecule has 0 aliphatic carbocycles. The quantitative estimate of drug-likeness (QED) is 0.808. The van der Waals surface area contributed by atoms with E-state index >= 15 is 0 Å². The van der Waals surface area contributed by atoms with Crippen molar-refractivity contribution in [3.63, 3.8) is 0 Å². The van der Waals surface area contributed by atoms with Gasteiger partial charge in [0.15, 0.2) is 5.82 Å². The fraction of sp³-hybridized carbons (Fsp3) is 0.286. The lowest BCUT2D eigenvalue weighted by Crippen LogP contribution is -2.25. The highest BCUT2D eigenvalue weighted by Gasteiger charge is 2.22. The van der Waals surface area contributed by atoms with Gasteiger partial charge >= 0.3 is 0 Å². The van der Waals surface area contributed by atoms with Gasteiger partial charge in [0, 0.05) is 16.0 Å². The zero-order valence-corrected chi connectivity index (χ0v) is 15.4. The highest BCUT2D eigenvalue weighted by molar-refractivity contribution is 8.02. The lowest BCUT2D eigenvalue weighted by Gasteiger charge is -2.21. The van der Waals surface area contributed by atoms with Crippen LogP contribution in [0.2, 0.25) is 10.0 Å². The maximum atomic E-state index is 6.29. The van der Waals surface area contributed by atoms with Crippen molar-refractivity contribution in [1.82, 2.24) is 14.9 Å². The van der Waals surface area contributed by atoms with Gasteiger partial charge in [-0.15, -0.1) is 10.2 Å². The van der Waals surface area contributed by atoms with Gasteiger partial charge in [-0.05, 0) is 36.6 Å². The SMILES string of the molecule is CSCC[C@H](N)c1nnc2n1NC(c1ccc(Cl)cc1Cl)=CS2. The molecular formula is C14H15Cl2N5S2. The van der Waals surface area contributed by atoms with Crippen LogP contribution in [0.3, 0.4) is 0 Å². The van der Waals surface area contributed by atoms with Gasteiger partial charge < -0.3 is 5.73 Å². The molecule has 2 aromatic rings. The summed E-state index contributed by atoms with van der Waals surface area (Å²) >= 11 is 15.5. The average Bonchev–Trinajstić information content (AvgIpc) is 2.95. The van der Waals surface area contributed by atoms with Crippen molar-refractivity contribution in [3.8, 4) is 0 Å².